The molecule has 1 aromatic heterocycles. The molecule has 0 aliphatic carbocycles. The predicted molar refractivity (Wildman–Crippen MR) is 67.9 cm³/mol. The zero-order chi connectivity index (χ0) is 13.1. The maximum Gasteiger partial charge on any atom is 0.339 e. The average Bonchev–Trinajstić information content (AvgIpc) is 2.31. The van der Waals surface area contributed by atoms with Crippen LogP contribution in [-0.4, -0.2) is 35.3 Å². The van der Waals surface area contributed by atoms with Crippen molar-refractivity contribution < 1.29 is 14.6 Å². The number of ether oxygens (including phenoxy) is 1. The Morgan fingerprint density at radius 1 is 1.61 bits per heavy atom. The molecule has 2 atom stereocenters. The Morgan fingerprint density at radius 3 is 3.06 bits per heavy atom. The van der Waals surface area contributed by atoms with E-state index in [0.29, 0.717) is 24.9 Å². The number of rotatable bonds is 3. The number of aromatic carboxylic acids is 1. The normalized spacial score (nSPS) is 23.7. The highest BCUT2D eigenvalue weighted by molar-refractivity contribution is 5.94. The van der Waals surface area contributed by atoms with Gasteiger partial charge in [-0.05, 0) is 30.9 Å². The number of carboxylic acids is 1. The summed E-state index contributed by atoms with van der Waals surface area (Å²) in [5.41, 5.74) is 0.982. The molecule has 0 spiro atoms. The number of aryl methyl sites for hydroxylation is 1. The summed E-state index contributed by atoms with van der Waals surface area (Å²) >= 11 is 0. The number of nitrogens with zero attached hydrogens (tertiary/aromatic N) is 1. The van der Waals surface area contributed by atoms with E-state index in [1.54, 1.807) is 19.2 Å². The Morgan fingerprint density at radius 2 is 2.39 bits per heavy atom. The van der Waals surface area contributed by atoms with Crippen LogP contribution in [0.15, 0.2) is 12.3 Å². The van der Waals surface area contributed by atoms with E-state index in [-0.39, 0.29) is 11.6 Å². The lowest BCUT2D eigenvalue weighted by molar-refractivity contribution is 0.0536. The molecule has 5 nitrogen and oxygen atoms in total. The molecule has 18 heavy (non-hydrogen) atoms. The van der Waals surface area contributed by atoms with Gasteiger partial charge in [-0.1, -0.05) is 6.92 Å². The van der Waals surface area contributed by atoms with E-state index < -0.39 is 5.97 Å². The summed E-state index contributed by atoms with van der Waals surface area (Å²) in [5.74, 6) is -0.133. The standard InChI is InChI=1S/C13H18N2O3/c1-8-3-5-14-12(11(8)13(16)17)15-10-4-6-18-7-9(10)2/h3,5,9-10H,4,6-7H2,1-2H3,(H,14,15)(H,16,17). The first-order chi connectivity index (χ1) is 8.59. The fraction of sp³-hybridized carbons (Fsp3) is 0.538. The van der Waals surface area contributed by atoms with E-state index in [4.69, 9.17) is 4.74 Å². The lowest BCUT2D eigenvalue weighted by Gasteiger charge is -2.30. The predicted octanol–water partition coefficient (Wildman–Crippen LogP) is 1.93. The van der Waals surface area contributed by atoms with Crippen LogP contribution in [0.3, 0.4) is 0 Å². The highest BCUT2D eigenvalue weighted by Crippen LogP contribution is 2.22. The summed E-state index contributed by atoms with van der Waals surface area (Å²) in [7, 11) is 0. The van der Waals surface area contributed by atoms with Gasteiger partial charge in [-0.3, -0.25) is 0 Å². The van der Waals surface area contributed by atoms with Crippen LogP contribution < -0.4 is 5.32 Å². The Bertz CT molecular complexity index is 448. The zero-order valence-electron chi connectivity index (χ0n) is 10.6. The average molecular weight is 250 g/mol. The van der Waals surface area contributed by atoms with Crippen molar-refractivity contribution in [2.45, 2.75) is 26.3 Å². The molecule has 0 radical (unpaired) electrons. The Hall–Kier alpha value is -1.62. The molecule has 98 valence electrons. The van der Waals surface area contributed by atoms with Crippen molar-refractivity contribution in [3.63, 3.8) is 0 Å². The first-order valence-electron chi connectivity index (χ1n) is 6.12. The number of pyridine rings is 1. The summed E-state index contributed by atoms with van der Waals surface area (Å²) in [6.07, 6.45) is 2.50. The summed E-state index contributed by atoms with van der Waals surface area (Å²) in [6.45, 7) is 5.28. The Labute approximate surface area is 106 Å². The molecule has 0 amide bonds. The first-order valence-corrected chi connectivity index (χ1v) is 6.12. The number of carboxylic acid groups (broad SMARTS) is 1. The van der Waals surface area contributed by atoms with Crippen LogP contribution in [0.2, 0.25) is 0 Å². The van der Waals surface area contributed by atoms with E-state index in [9.17, 15) is 9.90 Å². The van der Waals surface area contributed by atoms with Gasteiger partial charge in [0.05, 0.1) is 6.61 Å². The van der Waals surface area contributed by atoms with Crippen LogP contribution in [0.25, 0.3) is 0 Å². The topological polar surface area (TPSA) is 71.5 Å². The summed E-state index contributed by atoms with van der Waals surface area (Å²) in [4.78, 5) is 15.4. The molecule has 2 heterocycles. The number of nitrogens with one attached hydrogen (secondary N) is 1. The van der Waals surface area contributed by atoms with Gasteiger partial charge in [0, 0.05) is 18.8 Å². The number of hydrogen-bond donors (Lipinski definition) is 2. The summed E-state index contributed by atoms with van der Waals surface area (Å²) in [6, 6.07) is 1.92. The minimum atomic E-state index is -0.942. The molecule has 1 aliphatic rings. The fourth-order valence-electron chi connectivity index (χ4n) is 2.21. The highest BCUT2D eigenvalue weighted by atomic mass is 16.5. The van der Waals surface area contributed by atoms with Gasteiger partial charge in [-0.25, -0.2) is 9.78 Å². The van der Waals surface area contributed by atoms with Crippen LogP contribution in [0, 0.1) is 12.8 Å². The number of carbonyl (C=O) groups is 1. The monoisotopic (exact) mass is 250 g/mol. The van der Waals surface area contributed by atoms with Crippen molar-refractivity contribution in [2.75, 3.05) is 18.5 Å². The first kappa shape index (κ1) is 12.8. The SMILES string of the molecule is Cc1ccnc(NC2CCOCC2C)c1C(=O)O. The smallest absolute Gasteiger partial charge is 0.339 e. The van der Waals surface area contributed by atoms with E-state index in [1.165, 1.54) is 0 Å². The van der Waals surface area contributed by atoms with Gasteiger partial charge in [0.15, 0.2) is 0 Å². The van der Waals surface area contributed by atoms with Gasteiger partial charge in [-0.2, -0.15) is 0 Å². The lowest BCUT2D eigenvalue weighted by Crippen LogP contribution is -2.36. The van der Waals surface area contributed by atoms with Crippen molar-refractivity contribution in [2.24, 2.45) is 5.92 Å². The van der Waals surface area contributed by atoms with Crippen LogP contribution >= 0.6 is 0 Å². The Balaban J connectivity index is 2.23. The zero-order valence-corrected chi connectivity index (χ0v) is 10.6. The maximum atomic E-state index is 11.3. The van der Waals surface area contributed by atoms with Gasteiger partial charge in [0.25, 0.3) is 0 Å². The summed E-state index contributed by atoms with van der Waals surface area (Å²) < 4.78 is 5.37. The number of anilines is 1. The Kier molecular flexibility index (Phi) is 3.81. The maximum absolute atomic E-state index is 11.3. The van der Waals surface area contributed by atoms with Crippen molar-refractivity contribution in [3.8, 4) is 0 Å². The van der Waals surface area contributed by atoms with Gasteiger partial charge in [0.2, 0.25) is 0 Å². The molecule has 2 rings (SSSR count). The van der Waals surface area contributed by atoms with Gasteiger partial charge in [-0.15, -0.1) is 0 Å². The minimum Gasteiger partial charge on any atom is -0.478 e. The van der Waals surface area contributed by atoms with Crippen LogP contribution in [0.5, 0.6) is 0 Å². The molecular formula is C13H18N2O3. The molecule has 0 saturated carbocycles. The van der Waals surface area contributed by atoms with E-state index in [2.05, 4.69) is 17.2 Å². The van der Waals surface area contributed by atoms with E-state index in [1.807, 2.05) is 0 Å². The largest absolute Gasteiger partial charge is 0.478 e. The lowest BCUT2D eigenvalue weighted by atomic mass is 9.97. The van der Waals surface area contributed by atoms with E-state index in [0.717, 1.165) is 12.0 Å². The molecule has 0 bridgehead atoms. The van der Waals surface area contributed by atoms with Crippen LogP contribution in [0.1, 0.15) is 29.3 Å². The van der Waals surface area contributed by atoms with Crippen molar-refractivity contribution in [3.05, 3.63) is 23.4 Å². The molecule has 0 aromatic carbocycles. The second kappa shape index (κ2) is 5.35. The quantitative estimate of drug-likeness (QED) is 0.857. The summed E-state index contributed by atoms with van der Waals surface area (Å²) in [5, 5.41) is 12.5. The highest BCUT2D eigenvalue weighted by Gasteiger charge is 2.24. The molecule has 2 N–H and O–H groups in total. The second-order valence-electron chi connectivity index (χ2n) is 4.75. The van der Waals surface area contributed by atoms with Gasteiger partial charge in [0.1, 0.15) is 11.4 Å². The van der Waals surface area contributed by atoms with Crippen molar-refractivity contribution in [1.29, 1.82) is 0 Å². The van der Waals surface area contributed by atoms with Crippen molar-refractivity contribution >= 4 is 11.8 Å². The third-order valence-electron chi connectivity index (χ3n) is 3.34. The third-order valence-corrected chi connectivity index (χ3v) is 3.34. The van der Waals surface area contributed by atoms with Crippen molar-refractivity contribution in [1.82, 2.24) is 4.98 Å². The molecule has 5 heteroatoms. The molecule has 1 aromatic rings. The third kappa shape index (κ3) is 2.61. The van der Waals surface area contributed by atoms with E-state index >= 15 is 0 Å². The second-order valence-corrected chi connectivity index (χ2v) is 4.75. The fourth-order valence-corrected chi connectivity index (χ4v) is 2.21. The molecule has 2 unspecified atom stereocenters. The number of aromatic nitrogens is 1. The minimum absolute atomic E-state index is 0.214. The van der Waals surface area contributed by atoms with Gasteiger partial charge >= 0.3 is 5.97 Å². The molecular weight excluding hydrogens is 232 g/mol. The molecule has 1 aliphatic heterocycles. The van der Waals surface area contributed by atoms with Gasteiger partial charge < -0.3 is 15.2 Å². The van der Waals surface area contributed by atoms with Crippen LogP contribution in [0.4, 0.5) is 5.82 Å². The number of hydrogen-bond acceptors (Lipinski definition) is 4. The molecule has 1 saturated heterocycles. The molecule has 1 fully saturated rings. The van der Waals surface area contributed by atoms with Crippen LogP contribution in [-0.2, 0) is 4.74 Å².